The number of aliphatic hydroxyl groups is 1. The predicted molar refractivity (Wildman–Crippen MR) is 161 cm³/mol. The standard InChI is InChI=1S/C33H49NO9/c1-8-9-14-42-32(40)23(16-21(6)31(38)39)17-24(33(41)43-15-13-35)18-27-22(7)29(36)34(30(27)37)28-25(19(2)3)11-10-12-26(28)20(4)5/h10-12,19-24,27,35H,8-9,13-18H2,1-7H3,(H,38,39). The Labute approximate surface area is 255 Å². The van der Waals surface area contributed by atoms with Gasteiger partial charge in [-0.25, -0.2) is 4.90 Å². The number of ether oxygens (including phenoxy) is 2. The molecule has 0 radical (unpaired) electrons. The molecule has 5 unspecified atom stereocenters. The molecule has 10 heteroatoms. The number of anilines is 1. The zero-order valence-corrected chi connectivity index (χ0v) is 26.6. The maximum absolute atomic E-state index is 14.1. The Morgan fingerprint density at radius 2 is 1.44 bits per heavy atom. The van der Waals surface area contributed by atoms with Crippen LogP contribution in [0.3, 0.4) is 0 Å². The van der Waals surface area contributed by atoms with Crippen LogP contribution in [0.15, 0.2) is 18.2 Å². The molecule has 0 saturated carbocycles. The van der Waals surface area contributed by atoms with Gasteiger partial charge >= 0.3 is 17.9 Å². The number of benzene rings is 1. The van der Waals surface area contributed by atoms with Gasteiger partial charge in [0.1, 0.15) is 6.61 Å². The monoisotopic (exact) mass is 603 g/mol. The first-order valence-corrected chi connectivity index (χ1v) is 15.4. The Kier molecular flexibility index (Phi) is 13.8. The third kappa shape index (κ3) is 9.11. The number of rotatable bonds is 17. The number of hydrogen-bond acceptors (Lipinski definition) is 8. The van der Waals surface area contributed by atoms with Gasteiger partial charge in [-0.05, 0) is 48.6 Å². The van der Waals surface area contributed by atoms with Crippen LogP contribution in [0.4, 0.5) is 5.69 Å². The summed E-state index contributed by atoms with van der Waals surface area (Å²) in [7, 11) is 0. The summed E-state index contributed by atoms with van der Waals surface area (Å²) in [5, 5.41) is 18.8. The highest BCUT2D eigenvalue weighted by Gasteiger charge is 2.49. The van der Waals surface area contributed by atoms with Crippen molar-refractivity contribution in [1.82, 2.24) is 0 Å². The Morgan fingerprint density at radius 1 is 0.884 bits per heavy atom. The molecule has 1 aliphatic rings. The molecule has 1 aromatic carbocycles. The maximum Gasteiger partial charge on any atom is 0.309 e. The number of para-hydroxylation sites is 1. The fourth-order valence-corrected chi connectivity index (χ4v) is 5.61. The number of hydrogen-bond donors (Lipinski definition) is 2. The third-order valence-electron chi connectivity index (χ3n) is 8.23. The largest absolute Gasteiger partial charge is 0.481 e. The SMILES string of the molecule is CCCCOC(=O)C(CC(C)C(=O)O)CC(CC1C(=O)N(c2c(C(C)C)cccc2C(C)C)C(=O)C1C)C(=O)OCCO. The molecule has 0 bridgehead atoms. The molecule has 43 heavy (non-hydrogen) atoms. The molecule has 1 aliphatic heterocycles. The van der Waals surface area contributed by atoms with Crippen molar-refractivity contribution in [1.29, 1.82) is 0 Å². The molecular formula is C33H49NO9. The molecule has 1 fully saturated rings. The first-order valence-electron chi connectivity index (χ1n) is 15.4. The average molecular weight is 604 g/mol. The van der Waals surface area contributed by atoms with E-state index in [9.17, 15) is 34.2 Å². The third-order valence-corrected chi connectivity index (χ3v) is 8.23. The summed E-state index contributed by atoms with van der Waals surface area (Å²) in [6.45, 7) is 12.6. The molecule has 2 amide bonds. The topological polar surface area (TPSA) is 148 Å². The van der Waals surface area contributed by atoms with Gasteiger partial charge in [0.05, 0.1) is 42.6 Å². The molecule has 1 saturated heterocycles. The second kappa shape index (κ2) is 16.5. The zero-order chi connectivity index (χ0) is 32.4. The van der Waals surface area contributed by atoms with Crippen LogP contribution in [0.2, 0.25) is 0 Å². The van der Waals surface area contributed by atoms with Gasteiger partial charge in [-0.3, -0.25) is 24.0 Å². The van der Waals surface area contributed by atoms with Crippen LogP contribution in [0.1, 0.15) is 104 Å². The Balaban J connectivity index is 2.48. The van der Waals surface area contributed by atoms with E-state index in [0.717, 1.165) is 17.5 Å². The van der Waals surface area contributed by atoms with Crippen molar-refractivity contribution in [2.24, 2.45) is 29.6 Å². The van der Waals surface area contributed by atoms with Crippen LogP contribution in [0.25, 0.3) is 0 Å². The summed E-state index contributed by atoms with van der Waals surface area (Å²) in [5.41, 5.74) is 2.33. The van der Waals surface area contributed by atoms with Crippen molar-refractivity contribution >= 4 is 35.4 Å². The number of carboxylic acids is 1. The van der Waals surface area contributed by atoms with Crippen molar-refractivity contribution in [3.63, 3.8) is 0 Å². The van der Waals surface area contributed by atoms with E-state index >= 15 is 0 Å². The molecule has 2 N–H and O–H groups in total. The van der Waals surface area contributed by atoms with Crippen molar-refractivity contribution in [2.75, 3.05) is 24.7 Å². The van der Waals surface area contributed by atoms with Crippen molar-refractivity contribution in [2.45, 2.75) is 92.4 Å². The number of carboxylic acid groups (broad SMARTS) is 1. The number of carbonyl (C=O) groups excluding carboxylic acids is 4. The molecule has 1 aromatic rings. The van der Waals surface area contributed by atoms with E-state index < -0.39 is 60.0 Å². The molecule has 10 nitrogen and oxygen atoms in total. The van der Waals surface area contributed by atoms with E-state index in [1.807, 2.05) is 52.8 Å². The second-order valence-electron chi connectivity index (χ2n) is 12.3. The van der Waals surface area contributed by atoms with Crippen LogP contribution < -0.4 is 4.90 Å². The van der Waals surface area contributed by atoms with Gasteiger partial charge in [0.25, 0.3) is 0 Å². The number of aliphatic hydroxyl groups excluding tert-OH is 1. The lowest BCUT2D eigenvalue weighted by atomic mass is 9.80. The molecule has 0 spiro atoms. The number of imide groups is 1. The van der Waals surface area contributed by atoms with E-state index in [-0.39, 0.29) is 50.2 Å². The number of aliphatic carboxylic acids is 1. The van der Waals surface area contributed by atoms with Crippen molar-refractivity contribution in [3.05, 3.63) is 29.3 Å². The van der Waals surface area contributed by atoms with Gasteiger partial charge in [0.15, 0.2) is 0 Å². The van der Waals surface area contributed by atoms with Crippen LogP contribution in [-0.2, 0) is 33.4 Å². The highest BCUT2D eigenvalue weighted by Crippen LogP contribution is 2.42. The van der Waals surface area contributed by atoms with Gasteiger partial charge in [0.2, 0.25) is 11.8 Å². The van der Waals surface area contributed by atoms with Gasteiger partial charge in [-0.2, -0.15) is 0 Å². The van der Waals surface area contributed by atoms with E-state index in [1.54, 1.807) is 6.92 Å². The number of amides is 2. The van der Waals surface area contributed by atoms with Gasteiger partial charge in [-0.15, -0.1) is 0 Å². The van der Waals surface area contributed by atoms with Crippen LogP contribution in [0.5, 0.6) is 0 Å². The first-order chi connectivity index (χ1) is 20.3. The smallest absolute Gasteiger partial charge is 0.309 e. The summed E-state index contributed by atoms with van der Waals surface area (Å²) < 4.78 is 10.6. The van der Waals surface area contributed by atoms with E-state index in [0.29, 0.717) is 12.1 Å². The minimum absolute atomic E-state index is 0.0422. The Morgan fingerprint density at radius 3 is 1.95 bits per heavy atom. The molecule has 5 atom stereocenters. The summed E-state index contributed by atoms with van der Waals surface area (Å²) in [6.07, 6.45) is 1.18. The molecule has 2 rings (SSSR count). The van der Waals surface area contributed by atoms with Crippen molar-refractivity contribution < 1.29 is 43.7 Å². The lowest BCUT2D eigenvalue weighted by molar-refractivity contribution is -0.155. The zero-order valence-electron chi connectivity index (χ0n) is 26.6. The van der Waals surface area contributed by atoms with Gasteiger partial charge in [0, 0.05) is 5.92 Å². The van der Waals surface area contributed by atoms with E-state index in [2.05, 4.69) is 0 Å². The second-order valence-corrected chi connectivity index (χ2v) is 12.3. The summed E-state index contributed by atoms with van der Waals surface area (Å²) in [6, 6.07) is 5.75. The van der Waals surface area contributed by atoms with Crippen LogP contribution in [0, 0.1) is 29.6 Å². The fraction of sp³-hybridized carbons (Fsp3) is 0.667. The average Bonchev–Trinajstić information content (AvgIpc) is 3.16. The van der Waals surface area contributed by atoms with E-state index in [4.69, 9.17) is 9.47 Å². The highest BCUT2D eigenvalue weighted by atomic mass is 16.5. The maximum atomic E-state index is 14.1. The number of unbranched alkanes of at least 4 members (excludes halogenated alkanes) is 1. The first kappa shape index (κ1) is 35.9. The van der Waals surface area contributed by atoms with Crippen molar-refractivity contribution in [3.8, 4) is 0 Å². The molecule has 1 heterocycles. The molecular weight excluding hydrogens is 554 g/mol. The summed E-state index contributed by atoms with van der Waals surface area (Å²) in [4.78, 5) is 67.0. The fourth-order valence-electron chi connectivity index (χ4n) is 5.61. The van der Waals surface area contributed by atoms with Gasteiger partial charge in [-0.1, -0.05) is 73.1 Å². The van der Waals surface area contributed by atoms with E-state index in [1.165, 1.54) is 11.8 Å². The molecule has 0 aliphatic carbocycles. The molecule has 0 aromatic heterocycles. The Bertz CT molecular complexity index is 1120. The van der Waals surface area contributed by atoms with Gasteiger partial charge < -0.3 is 19.7 Å². The Hall–Kier alpha value is -3.27. The minimum atomic E-state index is -1.09. The predicted octanol–water partition coefficient (Wildman–Crippen LogP) is 5.06. The molecule has 240 valence electrons. The summed E-state index contributed by atoms with van der Waals surface area (Å²) in [5.74, 6) is -7.57. The van der Waals surface area contributed by atoms with Crippen LogP contribution in [-0.4, -0.2) is 59.8 Å². The summed E-state index contributed by atoms with van der Waals surface area (Å²) >= 11 is 0. The lowest BCUT2D eigenvalue weighted by Gasteiger charge is -2.26. The lowest BCUT2D eigenvalue weighted by Crippen LogP contribution is -2.34. The number of carbonyl (C=O) groups is 5. The normalized spacial score (nSPS) is 19.1. The quantitative estimate of drug-likeness (QED) is 0.142. The van der Waals surface area contributed by atoms with Crippen LogP contribution >= 0.6 is 0 Å². The minimum Gasteiger partial charge on any atom is -0.481 e. The number of esters is 2. The highest BCUT2D eigenvalue weighted by molar-refractivity contribution is 6.22. The number of nitrogens with zero attached hydrogens (tertiary/aromatic N) is 1.